The summed E-state index contributed by atoms with van der Waals surface area (Å²) in [6.07, 6.45) is 3.52. The molecule has 0 unspecified atom stereocenters. The van der Waals surface area contributed by atoms with Crippen LogP contribution >= 0.6 is 0 Å². The quantitative estimate of drug-likeness (QED) is 0.831. The Kier molecular flexibility index (Phi) is 5.87. The second-order valence-electron chi connectivity index (χ2n) is 6.78. The summed E-state index contributed by atoms with van der Waals surface area (Å²) in [5.74, 6) is 0.0811. The van der Waals surface area contributed by atoms with Crippen molar-refractivity contribution < 1.29 is 14.3 Å². The third kappa shape index (κ3) is 4.35. The molecule has 1 N–H and O–H groups in total. The number of carbonyl (C=O) groups is 1. The molecule has 0 aromatic heterocycles. The average Bonchev–Trinajstić information content (AvgIpc) is 2.57. The van der Waals surface area contributed by atoms with Crippen molar-refractivity contribution in [2.45, 2.75) is 44.9 Å². The van der Waals surface area contributed by atoms with E-state index in [2.05, 4.69) is 16.3 Å². The Morgan fingerprint density at radius 2 is 2.12 bits per heavy atom. The summed E-state index contributed by atoms with van der Waals surface area (Å²) < 4.78 is 11.4. The molecule has 1 saturated heterocycles. The topological polar surface area (TPSA) is 50.8 Å². The van der Waals surface area contributed by atoms with E-state index in [1.54, 1.807) is 0 Å². The minimum absolute atomic E-state index is 0.0443. The number of benzene rings is 1. The van der Waals surface area contributed by atoms with E-state index in [9.17, 15) is 4.79 Å². The minimum Gasteiger partial charge on any atom is -0.377 e. The first-order valence-corrected chi connectivity index (χ1v) is 8.98. The van der Waals surface area contributed by atoms with E-state index in [-0.39, 0.29) is 11.5 Å². The molecule has 1 amide bonds. The normalized spacial score (nSPS) is 19.9. The highest BCUT2D eigenvalue weighted by Crippen LogP contribution is 2.37. The maximum Gasteiger partial charge on any atom is 0.234 e. The molecule has 1 heterocycles. The fraction of sp³-hybridized carbons (Fsp3) is 0.632. The van der Waals surface area contributed by atoms with Crippen LogP contribution in [0.25, 0.3) is 0 Å². The predicted molar refractivity (Wildman–Crippen MR) is 92.6 cm³/mol. The van der Waals surface area contributed by atoms with Gasteiger partial charge in [-0.25, -0.2) is 0 Å². The molecular weight excluding hydrogens is 304 g/mol. The number of rotatable bonds is 7. The summed E-state index contributed by atoms with van der Waals surface area (Å²) in [5.41, 5.74) is 2.30. The van der Waals surface area contributed by atoms with Crippen LogP contribution in [0.4, 0.5) is 0 Å². The smallest absolute Gasteiger partial charge is 0.234 e. The maximum absolute atomic E-state index is 12.3. The molecular formula is C19H28N2O3. The van der Waals surface area contributed by atoms with Gasteiger partial charge in [-0.05, 0) is 37.3 Å². The average molecular weight is 332 g/mol. The van der Waals surface area contributed by atoms with Gasteiger partial charge in [0.15, 0.2) is 0 Å². The van der Waals surface area contributed by atoms with Crippen LogP contribution in [0.3, 0.4) is 0 Å². The van der Waals surface area contributed by atoms with Gasteiger partial charge in [0.25, 0.3) is 0 Å². The summed E-state index contributed by atoms with van der Waals surface area (Å²) in [6.45, 7) is 6.76. The standard InChI is InChI=1S/C19H28N2O3/c1-2-23-14-17-7-4-3-6-16(17)12-20-18(22)13-21-10-11-24-19(15-21)8-5-9-19/h3-4,6-7H,2,5,8-15H2,1H3,(H,20,22). The Labute approximate surface area is 144 Å². The molecule has 2 aliphatic rings. The number of hydrogen-bond donors (Lipinski definition) is 1. The van der Waals surface area contributed by atoms with Crippen LogP contribution in [0.5, 0.6) is 0 Å². The number of nitrogens with zero attached hydrogens (tertiary/aromatic N) is 1. The number of morpholine rings is 1. The molecule has 1 aliphatic carbocycles. The largest absolute Gasteiger partial charge is 0.377 e. The van der Waals surface area contributed by atoms with Crippen LogP contribution in [0.1, 0.15) is 37.3 Å². The Bertz CT molecular complexity index is 557. The van der Waals surface area contributed by atoms with Crippen molar-refractivity contribution in [3.05, 3.63) is 35.4 Å². The zero-order valence-corrected chi connectivity index (χ0v) is 14.6. The van der Waals surface area contributed by atoms with Crippen LogP contribution in [0.2, 0.25) is 0 Å². The van der Waals surface area contributed by atoms with E-state index in [0.29, 0.717) is 26.3 Å². The van der Waals surface area contributed by atoms with Gasteiger partial charge in [-0.3, -0.25) is 9.69 Å². The van der Waals surface area contributed by atoms with Crippen LogP contribution < -0.4 is 5.32 Å². The van der Waals surface area contributed by atoms with E-state index in [1.165, 1.54) is 6.42 Å². The SMILES string of the molecule is CCOCc1ccccc1CNC(=O)CN1CCOC2(CCC2)C1. The van der Waals surface area contributed by atoms with Gasteiger partial charge in [0.05, 0.1) is 25.4 Å². The van der Waals surface area contributed by atoms with Crippen molar-refractivity contribution in [1.29, 1.82) is 0 Å². The summed E-state index contributed by atoms with van der Waals surface area (Å²) in [7, 11) is 0. The van der Waals surface area contributed by atoms with Gasteiger partial charge >= 0.3 is 0 Å². The number of hydrogen-bond acceptors (Lipinski definition) is 4. The van der Waals surface area contributed by atoms with Crippen molar-refractivity contribution >= 4 is 5.91 Å². The van der Waals surface area contributed by atoms with Gasteiger partial charge in [0.1, 0.15) is 0 Å². The van der Waals surface area contributed by atoms with Gasteiger partial charge < -0.3 is 14.8 Å². The number of amides is 1. The molecule has 0 bridgehead atoms. The first-order valence-electron chi connectivity index (χ1n) is 8.98. The fourth-order valence-electron chi connectivity index (χ4n) is 3.47. The molecule has 1 saturated carbocycles. The Balaban J connectivity index is 1.47. The first-order chi connectivity index (χ1) is 11.7. The van der Waals surface area contributed by atoms with Gasteiger partial charge in [0.2, 0.25) is 5.91 Å². The molecule has 1 aromatic carbocycles. The van der Waals surface area contributed by atoms with E-state index < -0.39 is 0 Å². The van der Waals surface area contributed by atoms with E-state index in [0.717, 1.165) is 43.7 Å². The molecule has 1 aliphatic heterocycles. The van der Waals surface area contributed by atoms with Gasteiger partial charge in [-0.15, -0.1) is 0 Å². The van der Waals surface area contributed by atoms with E-state index in [4.69, 9.17) is 9.47 Å². The summed E-state index contributed by atoms with van der Waals surface area (Å²) in [5, 5.41) is 3.05. The molecule has 1 aromatic rings. The summed E-state index contributed by atoms with van der Waals surface area (Å²) >= 11 is 0. The lowest BCUT2D eigenvalue weighted by atomic mass is 9.79. The van der Waals surface area contributed by atoms with Crippen molar-refractivity contribution in [2.75, 3.05) is 32.8 Å². The molecule has 5 heteroatoms. The lowest BCUT2D eigenvalue weighted by Crippen LogP contribution is -2.57. The lowest BCUT2D eigenvalue weighted by Gasteiger charge is -2.48. The zero-order chi connectivity index (χ0) is 16.8. The molecule has 5 nitrogen and oxygen atoms in total. The number of carbonyl (C=O) groups excluding carboxylic acids is 1. The summed E-state index contributed by atoms with van der Waals surface area (Å²) in [6, 6.07) is 8.11. The van der Waals surface area contributed by atoms with Crippen molar-refractivity contribution in [2.24, 2.45) is 0 Å². The van der Waals surface area contributed by atoms with Crippen molar-refractivity contribution in [3.8, 4) is 0 Å². The molecule has 0 atom stereocenters. The van der Waals surface area contributed by atoms with E-state index >= 15 is 0 Å². The van der Waals surface area contributed by atoms with Crippen molar-refractivity contribution in [1.82, 2.24) is 10.2 Å². The third-order valence-electron chi connectivity index (χ3n) is 5.02. The van der Waals surface area contributed by atoms with Crippen LogP contribution in [-0.4, -0.2) is 49.3 Å². The molecule has 2 fully saturated rings. The zero-order valence-electron chi connectivity index (χ0n) is 14.6. The van der Waals surface area contributed by atoms with E-state index in [1.807, 2.05) is 25.1 Å². The highest BCUT2D eigenvalue weighted by Gasteiger charge is 2.42. The third-order valence-corrected chi connectivity index (χ3v) is 5.02. The van der Waals surface area contributed by atoms with Crippen LogP contribution in [-0.2, 0) is 27.4 Å². The molecule has 132 valence electrons. The number of nitrogens with one attached hydrogen (secondary N) is 1. The Morgan fingerprint density at radius 1 is 1.33 bits per heavy atom. The van der Waals surface area contributed by atoms with Crippen molar-refractivity contribution in [3.63, 3.8) is 0 Å². The van der Waals surface area contributed by atoms with Gasteiger partial charge in [-0.2, -0.15) is 0 Å². The fourth-order valence-corrected chi connectivity index (χ4v) is 3.47. The Hall–Kier alpha value is -1.43. The summed E-state index contributed by atoms with van der Waals surface area (Å²) in [4.78, 5) is 14.5. The lowest BCUT2D eigenvalue weighted by molar-refractivity contribution is -0.154. The van der Waals surface area contributed by atoms with Crippen LogP contribution in [0, 0.1) is 0 Å². The monoisotopic (exact) mass is 332 g/mol. The molecule has 24 heavy (non-hydrogen) atoms. The number of ether oxygens (including phenoxy) is 2. The Morgan fingerprint density at radius 3 is 2.83 bits per heavy atom. The van der Waals surface area contributed by atoms with Gasteiger partial charge in [-0.1, -0.05) is 24.3 Å². The van der Waals surface area contributed by atoms with Crippen LogP contribution in [0.15, 0.2) is 24.3 Å². The highest BCUT2D eigenvalue weighted by molar-refractivity contribution is 5.78. The molecule has 0 radical (unpaired) electrons. The van der Waals surface area contributed by atoms with Gasteiger partial charge in [0, 0.05) is 26.2 Å². The molecule has 1 spiro atoms. The second kappa shape index (κ2) is 8.10. The maximum atomic E-state index is 12.3. The first kappa shape index (κ1) is 17.4. The minimum atomic E-state index is 0.0443. The highest BCUT2D eigenvalue weighted by atomic mass is 16.5. The molecule has 3 rings (SSSR count). The second-order valence-corrected chi connectivity index (χ2v) is 6.78. The predicted octanol–water partition coefficient (Wildman–Crippen LogP) is 2.09.